The maximum atomic E-state index is 2.99. The summed E-state index contributed by atoms with van der Waals surface area (Å²) < 4.78 is 0. The molecule has 0 spiro atoms. The second-order valence-electron chi connectivity index (χ2n) is 2.01. The maximum absolute atomic E-state index is 2.99. The van der Waals surface area contributed by atoms with Gasteiger partial charge in [-0.15, -0.1) is 12.8 Å². The van der Waals surface area contributed by atoms with Crippen LogP contribution in [-0.4, -0.2) is 16.8 Å². The molecule has 0 heterocycles. The van der Waals surface area contributed by atoms with Crippen molar-refractivity contribution >= 4 is 16.8 Å². The Morgan fingerprint density at radius 1 is 0.769 bits per heavy atom. The van der Waals surface area contributed by atoms with Crippen molar-refractivity contribution < 1.29 is 21.7 Å². The topological polar surface area (TPSA) is 0 Å². The first kappa shape index (κ1) is 18.6. The number of rotatable bonds is 0. The molecule has 0 aromatic rings. The third kappa shape index (κ3) is 11.8. The molecule has 0 N–H and O–H groups in total. The molecule has 2 aliphatic carbocycles. The van der Waals surface area contributed by atoms with Crippen LogP contribution in [0.5, 0.6) is 0 Å². The minimum absolute atomic E-state index is 0. The van der Waals surface area contributed by atoms with Crippen LogP contribution in [-0.2, 0) is 21.7 Å². The quantitative estimate of drug-likeness (QED) is 0.413. The van der Waals surface area contributed by atoms with Gasteiger partial charge in [-0.05, 0) is 0 Å². The molecule has 0 aromatic carbocycles. The van der Waals surface area contributed by atoms with Gasteiger partial charge < -0.3 is 16.8 Å². The van der Waals surface area contributed by atoms with Gasteiger partial charge in [0, 0.05) is 0 Å². The Kier molecular flexibility index (Phi) is 20.5. The third-order valence-corrected chi connectivity index (χ3v) is 1.17. The summed E-state index contributed by atoms with van der Waals surface area (Å²) >= 11 is 0. The minimum Gasteiger partial charge on any atom is -1.00 e. The molecule has 0 fully saturated rings. The van der Waals surface area contributed by atoms with Crippen LogP contribution in [0.4, 0.5) is 0 Å². The van der Waals surface area contributed by atoms with E-state index in [1.165, 1.54) is 0 Å². The summed E-state index contributed by atoms with van der Waals surface area (Å²) in [6.45, 7) is 0. The van der Waals surface area contributed by atoms with Crippen LogP contribution >= 0.6 is 0 Å². The van der Waals surface area contributed by atoms with Gasteiger partial charge in [-0.25, -0.2) is 24.3 Å². The normalized spacial score (nSPS) is 13.5. The van der Waals surface area contributed by atoms with Crippen LogP contribution in [0.25, 0.3) is 0 Å². The van der Waals surface area contributed by atoms with Gasteiger partial charge >= 0.3 is 21.7 Å². The van der Waals surface area contributed by atoms with Crippen molar-refractivity contribution in [3.63, 3.8) is 0 Å². The average molecular weight is 200 g/mol. The van der Waals surface area contributed by atoms with Gasteiger partial charge in [0.25, 0.3) is 0 Å². The fraction of sp³-hybridized carbons (Fsp3) is 0.200. The third-order valence-electron chi connectivity index (χ3n) is 1.17. The zero-order valence-corrected chi connectivity index (χ0v) is 9.09. The van der Waals surface area contributed by atoms with Gasteiger partial charge in [-0.2, -0.15) is 12.2 Å². The van der Waals surface area contributed by atoms with Gasteiger partial charge in [0.05, 0.1) is 0 Å². The molecule has 0 amide bonds. The first-order valence-electron chi connectivity index (χ1n) is 3.43. The van der Waals surface area contributed by atoms with E-state index < -0.39 is 0 Å². The van der Waals surface area contributed by atoms with Crippen molar-refractivity contribution in [2.45, 2.75) is 12.8 Å². The Labute approximate surface area is 99.9 Å². The average Bonchev–Trinajstić information content (AvgIpc) is 2.67. The second kappa shape index (κ2) is 14.3. The molecule has 0 aromatic heterocycles. The molecule has 0 unspecified atom stereocenters. The number of hydrogen-bond donors (Lipinski definition) is 0. The SMILES string of the molecule is [B-].[B-].[C-]1=CC=CC1.[C-]1=CC=CC1.[Ti+4]. The first-order valence-corrected chi connectivity index (χ1v) is 3.43. The molecule has 0 nitrogen and oxygen atoms in total. The van der Waals surface area contributed by atoms with E-state index >= 15 is 0 Å². The Morgan fingerprint density at radius 2 is 1.15 bits per heavy atom. The maximum Gasteiger partial charge on any atom is 4.00 e. The summed E-state index contributed by atoms with van der Waals surface area (Å²) in [7, 11) is 0. The van der Waals surface area contributed by atoms with Crippen molar-refractivity contribution in [1.82, 2.24) is 0 Å². The molecule has 3 heteroatoms. The van der Waals surface area contributed by atoms with Gasteiger partial charge in [0.2, 0.25) is 0 Å². The molecule has 2 rings (SSSR count). The minimum atomic E-state index is 0. The van der Waals surface area contributed by atoms with E-state index in [-0.39, 0.29) is 38.5 Å². The van der Waals surface area contributed by atoms with Crippen molar-refractivity contribution in [2.75, 3.05) is 0 Å². The largest absolute Gasteiger partial charge is 4.00 e. The van der Waals surface area contributed by atoms with Crippen LogP contribution in [0, 0.1) is 12.2 Å². The van der Waals surface area contributed by atoms with Crippen molar-refractivity contribution in [3.05, 3.63) is 48.6 Å². The van der Waals surface area contributed by atoms with Crippen LogP contribution in [0.3, 0.4) is 0 Å². The predicted molar refractivity (Wildman–Crippen MR) is 54.6 cm³/mol. The van der Waals surface area contributed by atoms with E-state index in [1.807, 2.05) is 24.3 Å². The zero-order chi connectivity index (χ0) is 7.07. The molecule has 0 bridgehead atoms. The monoisotopic (exact) mass is 200 g/mol. The van der Waals surface area contributed by atoms with Gasteiger partial charge in [0.1, 0.15) is 0 Å². The van der Waals surface area contributed by atoms with Crippen LogP contribution in [0.1, 0.15) is 12.8 Å². The number of allylic oxidation sites excluding steroid dienone is 8. The van der Waals surface area contributed by atoms with Crippen molar-refractivity contribution in [3.8, 4) is 0 Å². The molecule has 0 aliphatic heterocycles. The van der Waals surface area contributed by atoms with E-state index in [1.54, 1.807) is 0 Å². The molecule has 60 valence electrons. The second-order valence-corrected chi connectivity index (χ2v) is 2.01. The van der Waals surface area contributed by atoms with Gasteiger partial charge in [-0.1, -0.05) is 0 Å². The van der Waals surface area contributed by atoms with Crippen LogP contribution in [0.15, 0.2) is 36.5 Å². The standard InChI is InChI=1S/2C5H5.2B.Ti/c2*1-2-4-5-3-1;;;/h2*1-3H,4H2;;;/q4*-1;+4. The molecular formula is C10H10B2Ti. The van der Waals surface area contributed by atoms with E-state index in [2.05, 4.69) is 24.3 Å². The van der Waals surface area contributed by atoms with Crippen LogP contribution in [0.2, 0.25) is 0 Å². The summed E-state index contributed by atoms with van der Waals surface area (Å²) in [5.41, 5.74) is 0. The van der Waals surface area contributed by atoms with E-state index in [9.17, 15) is 0 Å². The molecule has 2 aliphatic rings. The Hall–Kier alpha value is -0.196. The molecule has 13 heavy (non-hydrogen) atoms. The summed E-state index contributed by atoms with van der Waals surface area (Å²) in [4.78, 5) is 0. The summed E-state index contributed by atoms with van der Waals surface area (Å²) in [6, 6.07) is 0. The molecule has 8 radical (unpaired) electrons. The molecular weight excluding hydrogens is 190 g/mol. The Morgan fingerprint density at radius 3 is 1.23 bits per heavy atom. The first-order chi connectivity index (χ1) is 5.00. The smallest absolute Gasteiger partial charge is 1.00 e. The van der Waals surface area contributed by atoms with E-state index in [0.717, 1.165) is 12.8 Å². The fourth-order valence-electron chi connectivity index (χ4n) is 0.680. The van der Waals surface area contributed by atoms with Crippen molar-refractivity contribution in [1.29, 1.82) is 0 Å². The van der Waals surface area contributed by atoms with Crippen LogP contribution < -0.4 is 0 Å². The summed E-state index contributed by atoms with van der Waals surface area (Å²) in [5, 5.41) is 0. The van der Waals surface area contributed by atoms with Gasteiger partial charge in [-0.3, -0.25) is 12.2 Å². The van der Waals surface area contributed by atoms with Crippen molar-refractivity contribution in [2.24, 2.45) is 0 Å². The fourth-order valence-corrected chi connectivity index (χ4v) is 0.680. The predicted octanol–water partition coefficient (Wildman–Crippen LogP) is 1.85. The zero-order valence-electron chi connectivity index (χ0n) is 7.53. The van der Waals surface area contributed by atoms with Gasteiger partial charge in [0.15, 0.2) is 0 Å². The summed E-state index contributed by atoms with van der Waals surface area (Å²) in [6.07, 6.45) is 20.0. The Balaban J connectivity index is -0.000000125. The Bertz CT molecular complexity index is 151. The number of hydrogen-bond acceptors (Lipinski definition) is 0. The van der Waals surface area contributed by atoms with E-state index in [0.29, 0.717) is 0 Å². The van der Waals surface area contributed by atoms with E-state index in [4.69, 9.17) is 0 Å². The molecule has 0 saturated carbocycles. The molecule has 0 atom stereocenters. The summed E-state index contributed by atoms with van der Waals surface area (Å²) in [5.74, 6) is 0. The molecule has 0 saturated heterocycles.